The molecule has 6 heteroatoms. The quantitative estimate of drug-likeness (QED) is 0.872. The van der Waals surface area contributed by atoms with Crippen LogP contribution >= 0.6 is 27.5 Å². The number of hydrogen-bond acceptors (Lipinski definition) is 2. The molecule has 0 aliphatic rings. The van der Waals surface area contributed by atoms with Gasteiger partial charge in [-0.1, -0.05) is 17.7 Å². The molecule has 0 bridgehead atoms. The summed E-state index contributed by atoms with van der Waals surface area (Å²) in [6, 6.07) is 6.54. The molecular formula is C14H10BrClF2O2. The minimum atomic E-state index is -1.37. The van der Waals surface area contributed by atoms with Crippen molar-refractivity contribution >= 4 is 27.5 Å². The van der Waals surface area contributed by atoms with E-state index in [4.69, 9.17) is 16.3 Å². The van der Waals surface area contributed by atoms with Crippen molar-refractivity contribution in [2.24, 2.45) is 0 Å². The van der Waals surface area contributed by atoms with Gasteiger partial charge in [-0.05, 0) is 34.1 Å². The maximum atomic E-state index is 13.8. The Morgan fingerprint density at radius 2 is 1.95 bits per heavy atom. The first kappa shape index (κ1) is 15.2. The van der Waals surface area contributed by atoms with Crippen molar-refractivity contribution < 1.29 is 18.6 Å². The van der Waals surface area contributed by atoms with Crippen molar-refractivity contribution in [1.29, 1.82) is 0 Å². The van der Waals surface area contributed by atoms with Crippen LogP contribution in [-0.2, 0) is 0 Å². The highest BCUT2D eigenvalue weighted by molar-refractivity contribution is 9.10. The molecule has 0 aromatic heterocycles. The Morgan fingerprint density at radius 3 is 2.55 bits per heavy atom. The van der Waals surface area contributed by atoms with E-state index in [9.17, 15) is 13.9 Å². The predicted molar refractivity (Wildman–Crippen MR) is 76.1 cm³/mol. The Kier molecular flexibility index (Phi) is 4.62. The predicted octanol–water partition coefficient (Wildman–Crippen LogP) is 4.47. The second kappa shape index (κ2) is 6.08. The Balaban J connectivity index is 2.59. The van der Waals surface area contributed by atoms with Gasteiger partial charge in [0.1, 0.15) is 23.5 Å². The number of aliphatic hydroxyl groups excluding tert-OH is 1. The molecule has 0 amide bonds. The van der Waals surface area contributed by atoms with E-state index in [2.05, 4.69) is 15.9 Å². The second-order valence-electron chi connectivity index (χ2n) is 4.05. The highest BCUT2D eigenvalue weighted by Gasteiger charge is 2.23. The molecule has 0 aliphatic heterocycles. The van der Waals surface area contributed by atoms with Gasteiger partial charge >= 0.3 is 0 Å². The first-order chi connectivity index (χ1) is 9.45. The standard InChI is InChI=1S/C14H10BrClF2O2/c1-20-12-6-11(18)8(15)5-7(12)14(19)13-9(16)3-2-4-10(13)17/h2-6,14,19H,1H3. The monoisotopic (exact) mass is 362 g/mol. The van der Waals surface area contributed by atoms with Gasteiger partial charge in [0.15, 0.2) is 0 Å². The molecule has 1 unspecified atom stereocenters. The molecule has 2 nitrogen and oxygen atoms in total. The average molecular weight is 364 g/mol. The van der Waals surface area contributed by atoms with Crippen LogP contribution in [0.4, 0.5) is 8.78 Å². The van der Waals surface area contributed by atoms with Crippen LogP contribution < -0.4 is 4.74 Å². The minimum absolute atomic E-state index is 0.0778. The molecule has 20 heavy (non-hydrogen) atoms. The van der Waals surface area contributed by atoms with Crippen LogP contribution in [0.5, 0.6) is 5.75 Å². The third-order valence-corrected chi connectivity index (χ3v) is 3.78. The molecule has 2 aromatic carbocycles. The van der Waals surface area contributed by atoms with Crippen molar-refractivity contribution in [3.8, 4) is 5.75 Å². The van der Waals surface area contributed by atoms with Crippen molar-refractivity contribution in [3.05, 3.63) is 62.6 Å². The summed E-state index contributed by atoms with van der Waals surface area (Å²) in [7, 11) is 1.34. The normalized spacial score (nSPS) is 12.3. The smallest absolute Gasteiger partial charge is 0.141 e. The van der Waals surface area contributed by atoms with Crippen LogP contribution in [0.2, 0.25) is 5.02 Å². The zero-order valence-corrected chi connectivity index (χ0v) is 12.7. The Morgan fingerprint density at radius 1 is 1.25 bits per heavy atom. The lowest BCUT2D eigenvalue weighted by Gasteiger charge is -2.17. The summed E-state index contributed by atoms with van der Waals surface area (Å²) < 4.78 is 32.4. The lowest BCUT2D eigenvalue weighted by Crippen LogP contribution is -2.06. The molecule has 106 valence electrons. The zero-order chi connectivity index (χ0) is 14.9. The molecule has 2 aromatic rings. The molecule has 0 spiro atoms. The van der Waals surface area contributed by atoms with Gasteiger partial charge in [-0.3, -0.25) is 0 Å². The lowest BCUT2D eigenvalue weighted by molar-refractivity contribution is 0.209. The second-order valence-corrected chi connectivity index (χ2v) is 5.31. The van der Waals surface area contributed by atoms with Gasteiger partial charge in [-0.15, -0.1) is 0 Å². The van der Waals surface area contributed by atoms with Crippen LogP contribution in [0.25, 0.3) is 0 Å². The Labute approximate surface area is 128 Å². The van der Waals surface area contributed by atoms with Gasteiger partial charge in [-0.2, -0.15) is 0 Å². The van der Waals surface area contributed by atoms with E-state index in [1.807, 2.05) is 0 Å². The largest absolute Gasteiger partial charge is 0.496 e. The third-order valence-electron chi connectivity index (χ3n) is 2.84. The lowest BCUT2D eigenvalue weighted by atomic mass is 10.00. The van der Waals surface area contributed by atoms with E-state index >= 15 is 0 Å². The van der Waals surface area contributed by atoms with Crippen LogP contribution in [0.3, 0.4) is 0 Å². The molecular weight excluding hydrogens is 354 g/mol. The molecule has 0 radical (unpaired) electrons. The molecule has 1 N–H and O–H groups in total. The fourth-order valence-corrected chi connectivity index (χ4v) is 2.49. The molecule has 2 rings (SSSR count). The van der Waals surface area contributed by atoms with Gasteiger partial charge in [0, 0.05) is 22.2 Å². The van der Waals surface area contributed by atoms with Gasteiger partial charge in [0.05, 0.1) is 11.6 Å². The van der Waals surface area contributed by atoms with Gasteiger partial charge < -0.3 is 9.84 Å². The highest BCUT2D eigenvalue weighted by Crippen LogP contribution is 2.37. The van der Waals surface area contributed by atoms with Gasteiger partial charge in [-0.25, -0.2) is 8.78 Å². The number of hydrogen-bond donors (Lipinski definition) is 1. The molecule has 0 saturated carbocycles. The highest BCUT2D eigenvalue weighted by atomic mass is 79.9. The number of aliphatic hydroxyl groups is 1. The maximum absolute atomic E-state index is 13.8. The van der Waals surface area contributed by atoms with Crippen LogP contribution in [-0.4, -0.2) is 12.2 Å². The Bertz CT molecular complexity index is 629. The van der Waals surface area contributed by atoms with Crippen molar-refractivity contribution in [3.63, 3.8) is 0 Å². The van der Waals surface area contributed by atoms with E-state index < -0.39 is 17.7 Å². The topological polar surface area (TPSA) is 29.5 Å². The minimum Gasteiger partial charge on any atom is -0.496 e. The molecule has 0 aliphatic carbocycles. The summed E-state index contributed by atoms with van der Waals surface area (Å²) in [6.07, 6.45) is -1.37. The summed E-state index contributed by atoms with van der Waals surface area (Å²) in [5.41, 5.74) is 0.138. The van der Waals surface area contributed by atoms with Crippen molar-refractivity contribution in [2.75, 3.05) is 7.11 Å². The number of ether oxygens (including phenoxy) is 1. The van der Waals surface area contributed by atoms with Crippen LogP contribution in [0.1, 0.15) is 17.2 Å². The van der Waals surface area contributed by atoms with Gasteiger partial charge in [0.25, 0.3) is 0 Å². The summed E-state index contributed by atoms with van der Waals surface area (Å²) >= 11 is 8.93. The fraction of sp³-hybridized carbons (Fsp3) is 0.143. The first-order valence-corrected chi connectivity index (χ1v) is 6.77. The van der Waals surface area contributed by atoms with Crippen LogP contribution in [0.15, 0.2) is 34.8 Å². The van der Waals surface area contributed by atoms with E-state index in [-0.39, 0.29) is 26.4 Å². The number of rotatable bonds is 3. The summed E-state index contributed by atoms with van der Waals surface area (Å²) in [5, 5.41) is 10.4. The summed E-state index contributed by atoms with van der Waals surface area (Å²) in [5.74, 6) is -1.08. The first-order valence-electron chi connectivity index (χ1n) is 5.60. The molecule has 1 atom stereocenters. The zero-order valence-electron chi connectivity index (χ0n) is 10.3. The number of methoxy groups -OCH3 is 1. The van der Waals surface area contributed by atoms with Crippen LogP contribution in [0, 0.1) is 11.6 Å². The maximum Gasteiger partial charge on any atom is 0.141 e. The molecule has 0 heterocycles. The fourth-order valence-electron chi connectivity index (χ4n) is 1.86. The third kappa shape index (κ3) is 2.80. The number of halogens is 4. The van der Waals surface area contributed by atoms with Crippen molar-refractivity contribution in [2.45, 2.75) is 6.10 Å². The van der Waals surface area contributed by atoms with E-state index in [0.717, 1.165) is 6.07 Å². The SMILES string of the molecule is COc1cc(F)c(Br)cc1C(O)c1c(F)cccc1Cl. The summed E-state index contributed by atoms with van der Waals surface area (Å²) in [4.78, 5) is 0. The molecule has 0 saturated heterocycles. The number of benzene rings is 2. The van der Waals surface area contributed by atoms with E-state index in [0.29, 0.717) is 0 Å². The molecule has 0 fully saturated rings. The summed E-state index contributed by atoms with van der Waals surface area (Å²) in [6.45, 7) is 0. The van der Waals surface area contributed by atoms with E-state index in [1.165, 1.54) is 31.4 Å². The van der Waals surface area contributed by atoms with Crippen molar-refractivity contribution in [1.82, 2.24) is 0 Å². The van der Waals surface area contributed by atoms with E-state index in [1.54, 1.807) is 0 Å². The van der Waals surface area contributed by atoms with Gasteiger partial charge in [0.2, 0.25) is 0 Å². The average Bonchev–Trinajstić information content (AvgIpc) is 2.41. The Hall–Kier alpha value is -1.17.